The molecule has 0 N–H and O–H groups in total. The Kier molecular flexibility index (Phi) is 63.2. The standard InChI is InChI=1S/C71H128O6/c1-4-7-10-13-16-19-21-23-25-27-28-29-30-31-32-33-34-35-36-37-38-39-40-41-42-43-45-46-48-50-52-55-58-61-64-70(73)76-67-68(66-75-69(72)63-60-57-54-18-15-12-9-6-3)77-71(74)65-62-59-56-53-51-49-47-44-26-24-22-20-17-14-11-8-5-2/h8,11,17,20,24,26,47,49,53,56,68H,4-7,9-10,12-16,18-19,21-23,25,27-46,48,50-52,54-55,57-67H2,1-3H3/b11-8-,20-17-,26-24-,49-47-,56-53-. The summed E-state index contributed by atoms with van der Waals surface area (Å²) >= 11 is 0. The van der Waals surface area contributed by atoms with E-state index in [2.05, 4.69) is 81.5 Å². The molecule has 0 radical (unpaired) electrons. The smallest absolute Gasteiger partial charge is 0.306 e. The number of rotatable bonds is 62. The lowest BCUT2D eigenvalue weighted by Gasteiger charge is -2.18. The highest BCUT2D eigenvalue weighted by atomic mass is 16.6. The summed E-state index contributed by atoms with van der Waals surface area (Å²) in [6.07, 6.45) is 84.4. The lowest BCUT2D eigenvalue weighted by molar-refractivity contribution is -0.167. The quantitative estimate of drug-likeness (QED) is 0.0261. The Morgan fingerprint density at radius 1 is 0.273 bits per heavy atom. The molecule has 0 heterocycles. The summed E-state index contributed by atoms with van der Waals surface area (Å²) < 4.78 is 16.8. The molecule has 0 aliphatic carbocycles. The Morgan fingerprint density at radius 2 is 0.506 bits per heavy atom. The van der Waals surface area contributed by atoms with Crippen molar-refractivity contribution in [3.05, 3.63) is 60.8 Å². The highest BCUT2D eigenvalue weighted by Crippen LogP contribution is 2.18. The average molecular weight is 1080 g/mol. The summed E-state index contributed by atoms with van der Waals surface area (Å²) in [5.41, 5.74) is 0. The molecular weight excluding hydrogens is 949 g/mol. The Labute approximate surface area is 479 Å². The van der Waals surface area contributed by atoms with Gasteiger partial charge in [0.25, 0.3) is 0 Å². The van der Waals surface area contributed by atoms with Crippen LogP contribution in [-0.2, 0) is 28.6 Å². The Morgan fingerprint density at radius 3 is 0.779 bits per heavy atom. The van der Waals surface area contributed by atoms with Crippen LogP contribution in [0.25, 0.3) is 0 Å². The van der Waals surface area contributed by atoms with Gasteiger partial charge in [-0.2, -0.15) is 0 Å². The maximum atomic E-state index is 12.8. The van der Waals surface area contributed by atoms with E-state index in [0.717, 1.165) is 77.0 Å². The topological polar surface area (TPSA) is 78.9 Å². The molecule has 0 aliphatic rings. The molecule has 0 aromatic heterocycles. The molecule has 77 heavy (non-hydrogen) atoms. The van der Waals surface area contributed by atoms with E-state index in [1.165, 1.54) is 231 Å². The van der Waals surface area contributed by atoms with Crippen molar-refractivity contribution < 1.29 is 28.6 Å². The molecule has 6 heteroatoms. The number of unbranched alkanes of at least 4 members (excludes halogenated alkanes) is 41. The average Bonchev–Trinajstić information content (AvgIpc) is 3.43. The first-order valence-corrected chi connectivity index (χ1v) is 33.8. The molecule has 0 saturated carbocycles. The van der Waals surface area contributed by atoms with Crippen LogP contribution in [0.15, 0.2) is 60.8 Å². The van der Waals surface area contributed by atoms with Gasteiger partial charge in [-0.25, -0.2) is 0 Å². The first-order valence-electron chi connectivity index (χ1n) is 33.8. The molecule has 0 aromatic carbocycles. The third-order valence-corrected chi connectivity index (χ3v) is 15.0. The van der Waals surface area contributed by atoms with Crippen LogP contribution in [0.5, 0.6) is 0 Å². The van der Waals surface area contributed by atoms with Crippen molar-refractivity contribution >= 4 is 17.9 Å². The Balaban J connectivity index is 4.01. The molecule has 1 unspecified atom stereocenters. The molecule has 0 bridgehead atoms. The molecule has 1 atom stereocenters. The summed E-state index contributed by atoms with van der Waals surface area (Å²) in [6, 6.07) is 0. The second-order valence-corrected chi connectivity index (χ2v) is 22.7. The van der Waals surface area contributed by atoms with Gasteiger partial charge in [0.05, 0.1) is 0 Å². The van der Waals surface area contributed by atoms with Gasteiger partial charge in [-0.3, -0.25) is 14.4 Å². The van der Waals surface area contributed by atoms with Crippen LogP contribution < -0.4 is 0 Å². The van der Waals surface area contributed by atoms with E-state index in [-0.39, 0.29) is 37.5 Å². The highest BCUT2D eigenvalue weighted by molar-refractivity contribution is 5.71. The van der Waals surface area contributed by atoms with E-state index in [1.54, 1.807) is 0 Å². The lowest BCUT2D eigenvalue weighted by atomic mass is 10.0. The highest BCUT2D eigenvalue weighted by Gasteiger charge is 2.19. The van der Waals surface area contributed by atoms with Crippen molar-refractivity contribution in [2.75, 3.05) is 13.2 Å². The van der Waals surface area contributed by atoms with E-state index < -0.39 is 6.10 Å². The van der Waals surface area contributed by atoms with Crippen molar-refractivity contribution in [1.82, 2.24) is 0 Å². The van der Waals surface area contributed by atoms with Gasteiger partial charge in [0.2, 0.25) is 0 Å². The molecule has 0 rings (SSSR count). The maximum Gasteiger partial charge on any atom is 0.306 e. The fourth-order valence-corrected chi connectivity index (χ4v) is 10.0. The number of hydrogen-bond acceptors (Lipinski definition) is 6. The van der Waals surface area contributed by atoms with Gasteiger partial charge < -0.3 is 14.2 Å². The van der Waals surface area contributed by atoms with Crippen LogP contribution in [0.3, 0.4) is 0 Å². The monoisotopic (exact) mass is 1080 g/mol. The van der Waals surface area contributed by atoms with Gasteiger partial charge >= 0.3 is 17.9 Å². The minimum Gasteiger partial charge on any atom is -0.462 e. The van der Waals surface area contributed by atoms with Crippen LogP contribution in [0.1, 0.15) is 355 Å². The van der Waals surface area contributed by atoms with Gasteiger partial charge in [-0.1, -0.05) is 338 Å². The second-order valence-electron chi connectivity index (χ2n) is 22.7. The van der Waals surface area contributed by atoms with Crippen molar-refractivity contribution in [2.24, 2.45) is 0 Å². The van der Waals surface area contributed by atoms with E-state index in [0.29, 0.717) is 19.3 Å². The van der Waals surface area contributed by atoms with E-state index in [4.69, 9.17) is 14.2 Å². The molecule has 0 aliphatic heterocycles. The zero-order valence-corrected chi connectivity index (χ0v) is 51.5. The zero-order chi connectivity index (χ0) is 55.7. The summed E-state index contributed by atoms with van der Waals surface area (Å²) in [4.78, 5) is 38.1. The molecule has 0 aromatic rings. The Hall–Kier alpha value is -2.89. The van der Waals surface area contributed by atoms with Crippen molar-refractivity contribution in [2.45, 2.75) is 361 Å². The van der Waals surface area contributed by atoms with Crippen LogP contribution >= 0.6 is 0 Å². The van der Waals surface area contributed by atoms with Gasteiger partial charge in [-0.05, 0) is 57.8 Å². The first kappa shape index (κ1) is 74.1. The van der Waals surface area contributed by atoms with Gasteiger partial charge in [0.15, 0.2) is 6.10 Å². The summed E-state index contributed by atoms with van der Waals surface area (Å²) in [5.74, 6) is -0.942. The fourth-order valence-electron chi connectivity index (χ4n) is 10.0. The van der Waals surface area contributed by atoms with Crippen LogP contribution in [0.4, 0.5) is 0 Å². The lowest BCUT2D eigenvalue weighted by Crippen LogP contribution is -2.30. The molecule has 0 fully saturated rings. The Bertz CT molecular complexity index is 1380. The largest absolute Gasteiger partial charge is 0.462 e. The molecular formula is C71H128O6. The maximum absolute atomic E-state index is 12.8. The normalized spacial score (nSPS) is 12.4. The van der Waals surface area contributed by atoms with Crippen molar-refractivity contribution in [1.29, 1.82) is 0 Å². The van der Waals surface area contributed by atoms with Gasteiger partial charge in [-0.15, -0.1) is 0 Å². The summed E-state index contributed by atoms with van der Waals surface area (Å²) in [5, 5.41) is 0. The third-order valence-electron chi connectivity index (χ3n) is 15.0. The van der Waals surface area contributed by atoms with Crippen LogP contribution in [0.2, 0.25) is 0 Å². The van der Waals surface area contributed by atoms with Crippen molar-refractivity contribution in [3.63, 3.8) is 0 Å². The molecule has 0 amide bonds. The zero-order valence-electron chi connectivity index (χ0n) is 51.5. The first-order chi connectivity index (χ1) is 38.0. The predicted octanol–water partition coefficient (Wildman–Crippen LogP) is 23.1. The van der Waals surface area contributed by atoms with Crippen LogP contribution in [0, 0.1) is 0 Å². The minimum absolute atomic E-state index is 0.0932. The molecule has 0 spiro atoms. The summed E-state index contributed by atoms with van der Waals surface area (Å²) in [7, 11) is 0. The van der Waals surface area contributed by atoms with E-state index in [9.17, 15) is 14.4 Å². The van der Waals surface area contributed by atoms with Gasteiger partial charge in [0, 0.05) is 19.3 Å². The number of allylic oxidation sites excluding steroid dienone is 10. The van der Waals surface area contributed by atoms with E-state index >= 15 is 0 Å². The molecule has 448 valence electrons. The predicted molar refractivity (Wildman–Crippen MR) is 335 cm³/mol. The van der Waals surface area contributed by atoms with Crippen molar-refractivity contribution in [3.8, 4) is 0 Å². The number of hydrogen-bond donors (Lipinski definition) is 0. The minimum atomic E-state index is -0.800. The fraction of sp³-hybridized carbons (Fsp3) is 0.817. The number of esters is 3. The third kappa shape index (κ3) is 63.8. The number of carbonyl (C=O) groups excluding carboxylic acids is 3. The summed E-state index contributed by atoms with van der Waals surface area (Å²) in [6.45, 7) is 6.49. The number of ether oxygens (including phenoxy) is 3. The molecule has 6 nitrogen and oxygen atoms in total. The number of carbonyl (C=O) groups is 3. The SMILES string of the molecule is CC/C=C\C/C=C\C/C=C\C/C=C\C/C=C\CCCC(=O)OC(COC(=O)CCCCCCCCCC)COC(=O)CCCCCCCCCCCCCCCCCCCCCCCCCCCCCCCCCCCC. The van der Waals surface area contributed by atoms with E-state index in [1.807, 2.05) is 0 Å². The molecule has 0 saturated heterocycles. The van der Waals surface area contributed by atoms with Crippen LogP contribution in [-0.4, -0.2) is 37.2 Å². The second kappa shape index (κ2) is 65.6. The van der Waals surface area contributed by atoms with Gasteiger partial charge in [0.1, 0.15) is 13.2 Å².